The van der Waals surface area contributed by atoms with Gasteiger partial charge in [-0.25, -0.2) is 0 Å². The third-order valence-corrected chi connectivity index (χ3v) is 6.75. The fourth-order valence-electron chi connectivity index (χ4n) is 5.34. The lowest BCUT2D eigenvalue weighted by molar-refractivity contribution is 0.184. The molecular weight excluding hydrogens is 342 g/mol. The number of β-amino-alcohol motifs (C(OH)–C–C–N with tert-alkyl or cyclic N) is 1. The number of aryl methyl sites for hydroxylation is 1. The number of hydrogen-bond donors (Lipinski definition) is 1. The molecule has 28 heavy (non-hydrogen) atoms. The van der Waals surface area contributed by atoms with E-state index in [1.165, 1.54) is 53.3 Å². The number of aliphatic hydroxyl groups is 1. The molecule has 0 amide bonds. The normalized spacial score (nSPS) is 18.4. The number of para-hydroxylation sites is 1. The zero-order chi connectivity index (χ0) is 18.9. The Kier molecular flexibility index (Phi) is 4.82. The fourth-order valence-corrected chi connectivity index (χ4v) is 5.34. The molecule has 0 saturated heterocycles. The van der Waals surface area contributed by atoms with E-state index in [1.807, 2.05) is 0 Å². The lowest BCUT2D eigenvalue weighted by Gasteiger charge is -2.33. The van der Waals surface area contributed by atoms with Crippen molar-refractivity contribution < 1.29 is 5.11 Å². The SMILES string of the molecule is OC(CN1CCCc2ccccc21)c1ccc(C2CCCC2)c2ccccc12. The van der Waals surface area contributed by atoms with E-state index in [9.17, 15) is 5.11 Å². The zero-order valence-corrected chi connectivity index (χ0v) is 16.5. The second kappa shape index (κ2) is 7.60. The highest BCUT2D eigenvalue weighted by Gasteiger charge is 2.23. The Labute approximate surface area is 167 Å². The van der Waals surface area contributed by atoms with E-state index in [0.717, 1.165) is 24.9 Å². The van der Waals surface area contributed by atoms with Crippen molar-refractivity contribution in [1.82, 2.24) is 0 Å². The number of aliphatic hydroxyl groups excluding tert-OH is 1. The first kappa shape index (κ1) is 17.8. The Morgan fingerprint density at radius 1 is 0.857 bits per heavy atom. The molecule has 0 aromatic heterocycles. The van der Waals surface area contributed by atoms with Crippen LogP contribution in [0.2, 0.25) is 0 Å². The molecule has 0 radical (unpaired) electrons. The maximum Gasteiger partial charge on any atom is 0.0970 e. The first-order valence-electron chi connectivity index (χ1n) is 10.8. The van der Waals surface area contributed by atoms with Crippen LogP contribution >= 0.6 is 0 Å². The van der Waals surface area contributed by atoms with Crippen molar-refractivity contribution in [3.8, 4) is 0 Å². The van der Waals surface area contributed by atoms with E-state index in [2.05, 4.69) is 65.6 Å². The van der Waals surface area contributed by atoms with Crippen molar-refractivity contribution in [2.24, 2.45) is 0 Å². The maximum atomic E-state index is 11.2. The van der Waals surface area contributed by atoms with Gasteiger partial charge in [-0.1, -0.05) is 67.4 Å². The van der Waals surface area contributed by atoms with Crippen LogP contribution in [0.25, 0.3) is 10.8 Å². The highest BCUT2D eigenvalue weighted by atomic mass is 16.3. The second-order valence-electron chi connectivity index (χ2n) is 8.47. The molecule has 1 aliphatic heterocycles. The van der Waals surface area contributed by atoms with E-state index in [-0.39, 0.29) is 0 Å². The van der Waals surface area contributed by atoms with Crippen LogP contribution in [0, 0.1) is 0 Å². The molecule has 1 unspecified atom stereocenters. The molecule has 0 spiro atoms. The summed E-state index contributed by atoms with van der Waals surface area (Å²) in [5.41, 5.74) is 5.25. The Hall–Kier alpha value is -2.32. The van der Waals surface area contributed by atoms with Gasteiger partial charge in [0.1, 0.15) is 0 Å². The van der Waals surface area contributed by atoms with Gasteiger partial charge in [0.15, 0.2) is 0 Å². The Morgan fingerprint density at radius 2 is 1.61 bits per heavy atom. The summed E-state index contributed by atoms with van der Waals surface area (Å²) in [4.78, 5) is 2.36. The van der Waals surface area contributed by atoms with Gasteiger partial charge in [0.05, 0.1) is 6.10 Å². The third-order valence-electron chi connectivity index (χ3n) is 6.75. The van der Waals surface area contributed by atoms with Gasteiger partial charge in [-0.05, 0) is 65.1 Å². The molecule has 1 aliphatic carbocycles. The fraction of sp³-hybridized carbons (Fsp3) is 0.385. The van der Waals surface area contributed by atoms with Crippen molar-refractivity contribution in [1.29, 1.82) is 0 Å². The van der Waals surface area contributed by atoms with Crippen LogP contribution in [-0.2, 0) is 6.42 Å². The average molecular weight is 372 g/mol. The molecule has 1 N–H and O–H groups in total. The van der Waals surface area contributed by atoms with E-state index < -0.39 is 6.10 Å². The van der Waals surface area contributed by atoms with E-state index in [0.29, 0.717) is 12.5 Å². The summed E-state index contributed by atoms with van der Waals surface area (Å²) in [5.74, 6) is 0.685. The summed E-state index contributed by atoms with van der Waals surface area (Å²) in [5, 5.41) is 13.8. The Bertz CT molecular complexity index is 973. The average Bonchev–Trinajstić information content (AvgIpc) is 3.28. The lowest BCUT2D eigenvalue weighted by atomic mass is 9.89. The number of benzene rings is 3. The highest BCUT2D eigenvalue weighted by Crippen LogP contribution is 2.39. The van der Waals surface area contributed by atoms with Gasteiger partial charge in [-0.15, -0.1) is 0 Å². The smallest absolute Gasteiger partial charge is 0.0970 e. The van der Waals surface area contributed by atoms with Crippen molar-refractivity contribution in [3.05, 3.63) is 77.4 Å². The number of fused-ring (bicyclic) bond motifs is 2. The summed E-state index contributed by atoms with van der Waals surface area (Å²) in [7, 11) is 0. The van der Waals surface area contributed by atoms with Gasteiger partial charge in [0, 0.05) is 18.8 Å². The number of rotatable bonds is 4. The Morgan fingerprint density at radius 3 is 2.46 bits per heavy atom. The molecule has 2 heteroatoms. The van der Waals surface area contributed by atoms with Crippen molar-refractivity contribution in [3.63, 3.8) is 0 Å². The van der Waals surface area contributed by atoms with E-state index >= 15 is 0 Å². The molecular formula is C26H29NO. The summed E-state index contributed by atoms with van der Waals surface area (Å²) in [6, 6.07) is 21.8. The topological polar surface area (TPSA) is 23.5 Å². The molecule has 144 valence electrons. The van der Waals surface area contributed by atoms with Crippen molar-refractivity contribution in [2.45, 2.75) is 50.5 Å². The quantitative estimate of drug-likeness (QED) is 0.609. The predicted octanol–water partition coefficient (Wildman–Crippen LogP) is 5.98. The minimum absolute atomic E-state index is 0.478. The molecule has 1 heterocycles. The summed E-state index contributed by atoms with van der Waals surface area (Å²) in [6.45, 7) is 1.68. The van der Waals surface area contributed by atoms with Crippen LogP contribution in [0.15, 0.2) is 60.7 Å². The third kappa shape index (κ3) is 3.20. The van der Waals surface area contributed by atoms with Gasteiger partial charge in [-0.2, -0.15) is 0 Å². The van der Waals surface area contributed by atoms with Crippen LogP contribution in [0.4, 0.5) is 5.69 Å². The predicted molar refractivity (Wildman–Crippen MR) is 117 cm³/mol. The standard InChI is InChI=1S/C26H29NO/c28-26(18-27-17-7-11-20-10-3-6-14-25(20)27)24-16-15-21(19-8-1-2-9-19)22-12-4-5-13-23(22)24/h3-6,10,12-16,19,26,28H,1-2,7-9,11,17-18H2. The minimum Gasteiger partial charge on any atom is -0.387 e. The largest absolute Gasteiger partial charge is 0.387 e. The first-order chi connectivity index (χ1) is 13.8. The van der Waals surface area contributed by atoms with Gasteiger partial charge >= 0.3 is 0 Å². The van der Waals surface area contributed by atoms with Crippen LogP contribution in [0.1, 0.15) is 60.8 Å². The number of nitrogens with zero attached hydrogens (tertiary/aromatic N) is 1. The molecule has 0 bridgehead atoms. The molecule has 2 nitrogen and oxygen atoms in total. The zero-order valence-electron chi connectivity index (χ0n) is 16.5. The summed E-state index contributed by atoms with van der Waals surface area (Å²) < 4.78 is 0. The first-order valence-corrected chi connectivity index (χ1v) is 10.8. The maximum absolute atomic E-state index is 11.2. The van der Waals surface area contributed by atoms with Gasteiger partial charge in [0.2, 0.25) is 0 Å². The molecule has 3 aromatic rings. The lowest BCUT2D eigenvalue weighted by Crippen LogP contribution is -2.33. The molecule has 1 fully saturated rings. The number of anilines is 1. The van der Waals surface area contributed by atoms with E-state index in [1.54, 1.807) is 0 Å². The van der Waals surface area contributed by atoms with Crippen LogP contribution in [0.5, 0.6) is 0 Å². The molecule has 1 saturated carbocycles. The van der Waals surface area contributed by atoms with Crippen LogP contribution < -0.4 is 4.90 Å². The molecule has 3 aromatic carbocycles. The van der Waals surface area contributed by atoms with Crippen LogP contribution in [0.3, 0.4) is 0 Å². The molecule has 1 atom stereocenters. The minimum atomic E-state index is -0.478. The van der Waals surface area contributed by atoms with Crippen LogP contribution in [-0.4, -0.2) is 18.2 Å². The molecule has 5 rings (SSSR count). The van der Waals surface area contributed by atoms with Crippen molar-refractivity contribution >= 4 is 16.5 Å². The number of hydrogen-bond acceptors (Lipinski definition) is 2. The van der Waals surface area contributed by atoms with Crippen molar-refractivity contribution in [2.75, 3.05) is 18.0 Å². The van der Waals surface area contributed by atoms with Gasteiger partial charge in [-0.3, -0.25) is 0 Å². The summed E-state index contributed by atoms with van der Waals surface area (Å²) >= 11 is 0. The second-order valence-corrected chi connectivity index (χ2v) is 8.47. The van der Waals surface area contributed by atoms with E-state index in [4.69, 9.17) is 0 Å². The monoisotopic (exact) mass is 371 g/mol. The summed E-state index contributed by atoms with van der Waals surface area (Å²) in [6.07, 6.45) is 7.11. The Balaban J connectivity index is 1.47. The molecule has 2 aliphatic rings. The van der Waals surface area contributed by atoms with Gasteiger partial charge < -0.3 is 10.0 Å². The highest BCUT2D eigenvalue weighted by molar-refractivity contribution is 5.89. The van der Waals surface area contributed by atoms with Gasteiger partial charge in [0.25, 0.3) is 0 Å².